The zero-order valence-corrected chi connectivity index (χ0v) is 31.3. The van der Waals surface area contributed by atoms with E-state index in [1.54, 1.807) is 6.08 Å². The fourth-order valence-corrected chi connectivity index (χ4v) is 4.32. The van der Waals surface area contributed by atoms with Gasteiger partial charge in [0, 0.05) is 0 Å². The number of alkyl carbamates (subject to hydrolysis) is 1. The molecule has 1 amide bonds. The molecular weight excluding hydrogens is 624 g/mol. The number of aryl methyl sites for hydroxylation is 2. The van der Waals surface area contributed by atoms with Crippen LogP contribution in [0, 0.1) is 0 Å². The van der Waals surface area contributed by atoms with Crippen LogP contribution in [0.4, 0.5) is 4.79 Å². The molecule has 0 saturated carbocycles. The van der Waals surface area contributed by atoms with Crippen molar-refractivity contribution in [1.29, 1.82) is 0 Å². The lowest BCUT2D eigenvalue weighted by Crippen LogP contribution is -2.41. The van der Waals surface area contributed by atoms with E-state index >= 15 is 0 Å². The molecule has 0 heterocycles. The molecule has 4 rings (SSSR count). The summed E-state index contributed by atoms with van der Waals surface area (Å²) in [6.45, 7) is 15.9. The maximum absolute atomic E-state index is 12.0. The number of aliphatic hydroxyl groups is 1. The van der Waals surface area contributed by atoms with Gasteiger partial charge in [-0.1, -0.05) is 151 Å². The summed E-state index contributed by atoms with van der Waals surface area (Å²) in [5, 5.41) is 11.3. The maximum atomic E-state index is 12.0. The second-order valence-corrected chi connectivity index (χ2v) is 10.8. The van der Waals surface area contributed by atoms with Crippen LogP contribution < -0.4 is 5.32 Å². The number of isocyanates is 1. The highest BCUT2D eigenvalue weighted by Crippen LogP contribution is 2.08. The van der Waals surface area contributed by atoms with E-state index in [1.165, 1.54) is 23.6 Å². The van der Waals surface area contributed by atoms with Crippen molar-refractivity contribution in [3.63, 3.8) is 0 Å². The van der Waals surface area contributed by atoms with Crippen molar-refractivity contribution in [1.82, 2.24) is 5.32 Å². The summed E-state index contributed by atoms with van der Waals surface area (Å²) in [7, 11) is 0. The molecule has 4 aromatic rings. The van der Waals surface area contributed by atoms with Gasteiger partial charge in [-0.05, 0) is 72.9 Å². The molecule has 0 saturated heterocycles. The number of hydrogen-bond acceptors (Lipinski definition) is 6. The van der Waals surface area contributed by atoms with Crippen LogP contribution in [0.3, 0.4) is 0 Å². The number of aliphatic hydroxyl groups excluding tert-OH is 1. The van der Waals surface area contributed by atoms with Crippen LogP contribution >= 0.6 is 0 Å². The Morgan fingerprint density at radius 3 is 1.50 bits per heavy atom. The molecule has 0 aliphatic heterocycles. The number of nitrogens with one attached hydrogen (secondary N) is 1. The number of hydrogen-bond donors (Lipinski definition) is 2. The van der Waals surface area contributed by atoms with Crippen molar-refractivity contribution in [3.8, 4) is 0 Å². The Labute approximate surface area is 300 Å². The normalized spacial score (nSPS) is 10.6. The Balaban J connectivity index is 0.000000769. The molecule has 0 aromatic heterocycles. The van der Waals surface area contributed by atoms with Gasteiger partial charge in [0.1, 0.15) is 6.61 Å². The van der Waals surface area contributed by atoms with Crippen LogP contribution in [0.5, 0.6) is 0 Å². The Kier molecular flexibility index (Phi) is 26.3. The molecule has 0 spiro atoms. The summed E-state index contributed by atoms with van der Waals surface area (Å²) in [5.74, 6) is -0.0944. The standard InChI is InChI=1S/C20H23NO3.C10H11NO.C9H12O.2C2H6/c1-3-16-9-11-18(12-10-16)14-24-20(23)21-19(15(2)22)13-17-7-5-4-6-8-17;1-9(11-8-12)7-10-5-3-2-4-6-10;1-2-8-3-5-9(7-10)6-4-8;2*1-2/h4-12,19H,3,13-14H2,1-2H3,(H,21,23);2-6,9H,7H2,1H3;3-6,10H,2,7H2,1H3;2*1-2H3. The monoisotopic (exact) mass is 682 g/mol. The number of ether oxygens (including phenoxy) is 1. The number of rotatable bonds is 12. The third kappa shape index (κ3) is 20.5. The zero-order chi connectivity index (χ0) is 37.6. The highest BCUT2D eigenvalue weighted by atomic mass is 16.5. The van der Waals surface area contributed by atoms with Gasteiger partial charge in [-0.3, -0.25) is 4.79 Å². The van der Waals surface area contributed by atoms with Crippen molar-refractivity contribution in [2.24, 2.45) is 4.99 Å². The number of amides is 1. The highest BCUT2D eigenvalue weighted by Gasteiger charge is 2.18. The van der Waals surface area contributed by atoms with E-state index in [0.717, 1.165) is 36.0 Å². The number of benzene rings is 4. The first-order valence-corrected chi connectivity index (χ1v) is 17.6. The first-order chi connectivity index (χ1) is 24.3. The van der Waals surface area contributed by atoms with Crippen molar-refractivity contribution in [2.75, 3.05) is 0 Å². The van der Waals surface area contributed by atoms with Gasteiger partial charge < -0.3 is 15.2 Å². The number of nitrogens with zero attached hydrogens (tertiary/aromatic N) is 1. The molecule has 7 nitrogen and oxygen atoms in total. The summed E-state index contributed by atoms with van der Waals surface area (Å²) < 4.78 is 5.22. The lowest BCUT2D eigenvalue weighted by atomic mass is 10.0. The molecule has 0 fully saturated rings. The van der Waals surface area contributed by atoms with E-state index < -0.39 is 12.1 Å². The third-order valence-electron chi connectivity index (χ3n) is 7.13. The quantitative estimate of drug-likeness (QED) is 0.114. The maximum Gasteiger partial charge on any atom is 0.408 e. The largest absolute Gasteiger partial charge is 0.445 e. The predicted molar refractivity (Wildman–Crippen MR) is 206 cm³/mol. The van der Waals surface area contributed by atoms with Crippen LogP contribution in [-0.4, -0.2) is 35.1 Å². The zero-order valence-electron chi connectivity index (χ0n) is 31.3. The van der Waals surface area contributed by atoms with Crippen LogP contribution in [-0.2, 0) is 53.2 Å². The summed E-state index contributed by atoms with van der Waals surface area (Å²) in [6, 6.07) is 34.9. The van der Waals surface area contributed by atoms with Crippen LogP contribution in [0.1, 0.15) is 88.8 Å². The molecule has 270 valence electrons. The van der Waals surface area contributed by atoms with E-state index in [4.69, 9.17) is 9.84 Å². The first kappa shape index (κ1) is 45.2. The van der Waals surface area contributed by atoms with Crippen molar-refractivity contribution < 1.29 is 24.2 Å². The minimum Gasteiger partial charge on any atom is -0.445 e. The molecule has 2 atom stereocenters. The molecule has 50 heavy (non-hydrogen) atoms. The Hall–Kier alpha value is -4.84. The van der Waals surface area contributed by atoms with Crippen molar-refractivity contribution >= 4 is 18.0 Å². The smallest absolute Gasteiger partial charge is 0.408 e. The summed E-state index contributed by atoms with van der Waals surface area (Å²) >= 11 is 0. The predicted octanol–water partition coefficient (Wildman–Crippen LogP) is 9.42. The summed E-state index contributed by atoms with van der Waals surface area (Å²) in [6.07, 6.45) is 4.28. The number of Topliss-reactive ketones (excluding diaryl/α,β-unsaturated/α-hetero) is 1. The highest BCUT2D eigenvalue weighted by molar-refractivity contribution is 5.85. The molecule has 0 aliphatic rings. The minimum absolute atomic E-state index is 0.0323. The van der Waals surface area contributed by atoms with E-state index in [0.29, 0.717) is 6.42 Å². The molecule has 4 aromatic carbocycles. The van der Waals surface area contributed by atoms with Crippen LogP contribution in [0.15, 0.2) is 114 Å². The number of carbonyl (C=O) groups excluding carboxylic acids is 3. The van der Waals surface area contributed by atoms with Gasteiger partial charge >= 0.3 is 6.09 Å². The number of ketones is 1. The molecule has 0 bridgehead atoms. The average Bonchev–Trinajstić information content (AvgIpc) is 3.17. The third-order valence-corrected chi connectivity index (χ3v) is 7.13. The van der Waals surface area contributed by atoms with E-state index in [2.05, 4.69) is 24.2 Å². The van der Waals surface area contributed by atoms with E-state index in [-0.39, 0.29) is 25.0 Å². The fraction of sp³-hybridized carbons (Fsp3) is 0.372. The Morgan fingerprint density at radius 1 is 0.680 bits per heavy atom. The molecule has 2 unspecified atom stereocenters. The van der Waals surface area contributed by atoms with Gasteiger partial charge in [0.15, 0.2) is 5.78 Å². The summed E-state index contributed by atoms with van der Waals surface area (Å²) in [5.41, 5.74) is 6.65. The van der Waals surface area contributed by atoms with Gasteiger partial charge in [0.2, 0.25) is 6.08 Å². The van der Waals surface area contributed by atoms with E-state index in [1.807, 2.05) is 144 Å². The minimum atomic E-state index is -0.581. The average molecular weight is 683 g/mol. The van der Waals surface area contributed by atoms with E-state index in [9.17, 15) is 14.4 Å². The fourth-order valence-electron chi connectivity index (χ4n) is 4.32. The van der Waals surface area contributed by atoms with Gasteiger partial charge in [-0.25, -0.2) is 14.6 Å². The second-order valence-electron chi connectivity index (χ2n) is 10.8. The molecular formula is C43H58N2O5. The number of aliphatic imine (C=N–C) groups is 1. The van der Waals surface area contributed by atoms with Crippen LogP contribution in [0.25, 0.3) is 0 Å². The summed E-state index contributed by atoms with van der Waals surface area (Å²) in [4.78, 5) is 37.2. The molecule has 0 aliphatic carbocycles. The van der Waals surface area contributed by atoms with Gasteiger partial charge in [0.25, 0.3) is 0 Å². The topological polar surface area (TPSA) is 105 Å². The van der Waals surface area contributed by atoms with Gasteiger partial charge in [-0.15, -0.1) is 0 Å². The molecule has 0 radical (unpaired) electrons. The number of carbonyl (C=O) groups is 2. The SMILES string of the molecule is CC.CC.CC(Cc1ccccc1)N=C=O.CCc1ccc(CO)cc1.CCc1ccc(COC(=O)NC(Cc2ccccc2)C(C)=O)cc1. The van der Waals surface area contributed by atoms with Crippen LogP contribution in [0.2, 0.25) is 0 Å². The molecule has 2 N–H and O–H groups in total. The van der Waals surface area contributed by atoms with Crippen molar-refractivity contribution in [2.45, 2.75) is 106 Å². The lowest BCUT2D eigenvalue weighted by molar-refractivity contribution is -0.118. The second kappa shape index (κ2) is 29.1. The van der Waals surface area contributed by atoms with Gasteiger partial charge in [0.05, 0.1) is 18.7 Å². The Morgan fingerprint density at radius 2 is 1.10 bits per heavy atom. The first-order valence-electron chi connectivity index (χ1n) is 17.6. The molecule has 7 heteroatoms. The van der Waals surface area contributed by atoms with Gasteiger partial charge in [-0.2, -0.15) is 0 Å². The Bertz CT molecular complexity index is 1440. The lowest BCUT2D eigenvalue weighted by Gasteiger charge is -2.16. The van der Waals surface area contributed by atoms with Crippen molar-refractivity contribution in [3.05, 3.63) is 143 Å².